The monoisotopic (exact) mass is 645 g/mol. The molecule has 0 aromatic heterocycles. The number of methoxy groups -OCH3 is 2. The van der Waals surface area contributed by atoms with Crippen molar-refractivity contribution in [2.24, 2.45) is 0 Å². The van der Waals surface area contributed by atoms with Gasteiger partial charge in [-0.3, -0.25) is 13.9 Å². The van der Waals surface area contributed by atoms with Crippen molar-refractivity contribution in [3.8, 4) is 11.5 Å². The van der Waals surface area contributed by atoms with Crippen LogP contribution in [0.5, 0.6) is 11.5 Å². The summed E-state index contributed by atoms with van der Waals surface area (Å²) in [4.78, 5) is 28.7. The van der Waals surface area contributed by atoms with E-state index in [-0.39, 0.29) is 34.8 Å². The second kappa shape index (κ2) is 14.8. The van der Waals surface area contributed by atoms with Crippen LogP contribution in [-0.4, -0.2) is 58.0 Å². The van der Waals surface area contributed by atoms with Crippen LogP contribution < -0.4 is 19.1 Å². The second-order valence-electron chi connectivity index (χ2n) is 10.7. The minimum Gasteiger partial charge on any atom is -0.493 e. The minimum absolute atomic E-state index is 0.00626. The number of nitrogens with zero attached hydrogens (tertiary/aromatic N) is 2. The SMILES string of the molecule is COc1ccc(S(=O)(=O)N(CC(=O)N(Cc2cccc(Cl)c2)C(C)C(=O)NC2CCCCC2)c2ccc(F)cc2)cc1OC. The molecule has 236 valence electrons. The third kappa shape index (κ3) is 8.00. The first-order valence-electron chi connectivity index (χ1n) is 14.4. The number of hydrogen-bond acceptors (Lipinski definition) is 6. The highest BCUT2D eigenvalue weighted by atomic mass is 35.5. The Balaban J connectivity index is 1.70. The van der Waals surface area contributed by atoms with Crippen LogP contribution in [0.3, 0.4) is 0 Å². The molecule has 12 heteroatoms. The van der Waals surface area contributed by atoms with Gasteiger partial charge in [0, 0.05) is 23.7 Å². The van der Waals surface area contributed by atoms with Crippen molar-refractivity contribution >= 4 is 39.1 Å². The van der Waals surface area contributed by atoms with Crippen LogP contribution >= 0.6 is 11.6 Å². The van der Waals surface area contributed by atoms with Crippen molar-refractivity contribution in [2.75, 3.05) is 25.1 Å². The molecule has 3 aromatic rings. The number of sulfonamides is 1. The average Bonchev–Trinajstić information content (AvgIpc) is 3.02. The Morgan fingerprint density at radius 3 is 2.30 bits per heavy atom. The molecule has 1 unspecified atom stereocenters. The molecule has 0 radical (unpaired) electrons. The van der Waals surface area contributed by atoms with Crippen LogP contribution in [0.4, 0.5) is 10.1 Å². The Kier molecular flexibility index (Phi) is 11.1. The van der Waals surface area contributed by atoms with Crippen molar-refractivity contribution in [1.29, 1.82) is 0 Å². The van der Waals surface area contributed by atoms with Gasteiger partial charge < -0.3 is 19.7 Å². The molecule has 1 aliphatic carbocycles. The molecule has 0 aliphatic heterocycles. The zero-order valence-corrected chi connectivity index (χ0v) is 26.5. The lowest BCUT2D eigenvalue weighted by atomic mass is 9.95. The van der Waals surface area contributed by atoms with E-state index in [4.69, 9.17) is 21.1 Å². The summed E-state index contributed by atoms with van der Waals surface area (Å²) in [6.07, 6.45) is 4.89. The summed E-state index contributed by atoms with van der Waals surface area (Å²) >= 11 is 6.21. The highest BCUT2D eigenvalue weighted by Gasteiger charge is 2.33. The summed E-state index contributed by atoms with van der Waals surface area (Å²) in [6, 6.07) is 14.8. The molecule has 4 rings (SSSR count). The molecule has 9 nitrogen and oxygen atoms in total. The molecule has 0 bridgehead atoms. The molecule has 1 saturated carbocycles. The lowest BCUT2D eigenvalue weighted by molar-refractivity contribution is -0.139. The first kappa shape index (κ1) is 33.1. The lowest BCUT2D eigenvalue weighted by Gasteiger charge is -2.33. The van der Waals surface area contributed by atoms with Crippen molar-refractivity contribution < 1.29 is 31.9 Å². The normalized spacial score (nSPS) is 14.4. The van der Waals surface area contributed by atoms with E-state index < -0.39 is 34.3 Å². The maximum absolute atomic E-state index is 14.1. The quantitative estimate of drug-likeness (QED) is 0.277. The Morgan fingerprint density at radius 2 is 1.66 bits per heavy atom. The maximum Gasteiger partial charge on any atom is 0.264 e. The van der Waals surface area contributed by atoms with Gasteiger partial charge in [0.05, 0.1) is 24.8 Å². The molecule has 2 amide bonds. The largest absolute Gasteiger partial charge is 0.493 e. The van der Waals surface area contributed by atoms with E-state index in [1.165, 1.54) is 49.5 Å². The number of rotatable bonds is 12. The van der Waals surface area contributed by atoms with E-state index in [0.717, 1.165) is 48.5 Å². The van der Waals surface area contributed by atoms with Crippen molar-refractivity contribution in [3.05, 3.63) is 83.1 Å². The fraction of sp³-hybridized carbons (Fsp3) is 0.375. The Labute approximate surface area is 262 Å². The number of carbonyl (C=O) groups is 2. The fourth-order valence-electron chi connectivity index (χ4n) is 5.22. The van der Waals surface area contributed by atoms with Gasteiger partial charge in [-0.1, -0.05) is 43.0 Å². The van der Waals surface area contributed by atoms with Crippen LogP contribution in [0.15, 0.2) is 71.6 Å². The summed E-state index contributed by atoms with van der Waals surface area (Å²) in [7, 11) is -1.59. The molecule has 1 fully saturated rings. The number of anilines is 1. The number of hydrogen-bond donors (Lipinski definition) is 1. The van der Waals surface area contributed by atoms with Gasteiger partial charge in [-0.2, -0.15) is 0 Å². The maximum atomic E-state index is 14.1. The molecule has 0 saturated heterocycles. The third-order valence-corrected chi connectivity index (χ3v) is 9.70. The molecule has 1 N–H and O–H groups in total. The molecule has 3 aromatic carbocycles. The highest BCUT2D eigenvalue weighted by Crippen LogP contribution is 2.32. The fourth-order valence-corrected chi connectivity index (χ4v) is 6.87. The molecule has 1 aliphatic rings. The van der Waals surface area contributed by atoms with Crippen LogP contribution in [0.1, 0.15) is 44.6 Å². The Morgan fingerprint density at radius 1 is 0.977 bits per heavy atom. The van der Waals surface area contributed by atoms with E-state index in [2.05, 4.69) is 5.32 Å². The van der Waals surface area contributed by atoms with Gasteiger partial charge >= 0.3 is 0 Å². The van der Waals surface area contributed by atoms with Crippen LogP contribution in [0, 0.1) is 5.82 Å². The second-order valence-corrected chi connectivity index (χ2v) is 13.0. The summed E-state index contributed by atoms with van der Waals surface area (Å²) in [5, 5.41) is 3.52. The third-order valence-electron chi connectivity index (χ3n) is 7.70. The first-order chi connectivity index (χ1) is 21.0. The number of halogens is 2. The average molecular weight is 646 g/mol. The van der Waals surface area contributed by atoms with Gasteiger partial charge in [-0.25, -0.2) is 12.8 Å². The molecule has 0 heterocycles. The molecule has 44 heavy (non-hydrogen) atoms. The van der Waals surface area contributed by atoms with E-state index in [1.54, 1.807) is 31.2 Å². The summed E-state index contributed by atoms with van der Waals surface area (Å²) in [6.45, 7) is 0.960. The minimum atomic E-state index is -4.40. The van der Waals surface area contributed by atoms with Crippen LogP contribution in [0.25, 0.3) is 0 Å². The van der Waals surface area contributed by atoms with Crippen molar-refractivity contribution in [3.63, 3.8) is 0 Å². The van der Waals surface area contributed by atoms with Crippen LogP contribution in [-0.2, 0) is 26.2 Å². The summed E-state index contributed by atoms with van der Waals surface area (Å²) in [5.41, 5.74) is 0.732. The zero-order chi connectivity index (χ0) is 31.9. The van der Waals surface area contributed by atoms with Gasteiger partial charge in [-0.15, -0.1) is 0 Å². The number of benzene rings is 3. The van der Waals surface area contributed by atoms with Crippen LogP contribution in [0.2, 0.25) is 5.02 Å². The molecule has 1 atom stereocenters. The van der Waals surface area contributed by atoms with E-state index >= 15 is 0 Å². The lowest BCUT2D eigenvalue weighted by Crippen LogP contribution is -2.53. The highest BCUT2D eigenvalue weighted by molar-refractivity contribution is 7.92. The Bertz CT molecular complexity index is 1560. The first-order valence-corrected chi connectivity index (χ1v) is 16.2. The van der Waals surface area contributed by atoms with Gasteiger partial charge in [0.1, 0.15) is 18.4 Å². The smallest absolute Gasteiger partial charge is 0.264 e. The molecular weight excluding hydrogens is 609 g/mol. The van der Waals surface area contributed by atoms with Crippen molar-refractivity contribution in [1.82, 2.24) is 10.2 Å². The number of carbonyl (C=O) groups excluding carboxylic acids is 2. The number of nitrogens with one attached hydrogen (secondary N) is 1. The van der Waals surface area contributed by atoms with Gasteiger partial charge in [0.2, 0.25) is 11.8 Å². The van der Waals surface area contributed by atoms with E-state index in [1.807, 2.05) is 0 Å². The predicted molar refractivity (Wildman–Crippen MR) is 167 cm³/mol. The summed E-state index contributed by atoms with van der Waals surface area (Å²) in [5.74, 6) is -1.04. The standard InChI is InChI=1S/C32H37ClFN3O6S/c1-22(32(39)35-26-10-5-4-6-11-26)36(20-23-8-7-9-24(33)18-23)31(38)21-37(27-14-12-25(34)13-15-27)44(40,41)28-16-17-29(42-2)30(19-28)43-3/h7-9,12-19,22,26H,4-6,10-11,20-21H2,1-3H3,(H,35,39). The van der Waals surface area contributed by atoms with E-state index in [0.29, 0.717) is 16.3 Å². The van der Waals surface area contributed by atoms with Gasteiger partial charge in [0.25, 0.3) is 10.0 Å². The van der Waals surface area contributed by atoms with Crippen molar-refractivity contribution in [2.45, 2.75) is 62.6 Å². The Hall–Kier alpha value is -3.83. The topological polar surface area (TPSA) is 105 Å². The van der Waals surface area contributed by atoms with Gasteiger partial charge in [-0.05, 0) is 73.9 Å². The van der Waals surface area contributed by atoms with Gasteiger partial charge in [0.15, 0.2) is 11.5 Å². The number of ether oxygens (including phenoxy) is 2. The summed E-state index contributed by atoms with van der Waals surface area (Å²) < 4.78 is 53.5. The zero-order valence-electron chi connectivity index (χ0n) is 25.0. The predicted octanol–water partition coefficient (Wildman–Crippen LogP) is 5.56. The van der Waals surface area contributed by atoms with E-state index in [9.17, 15) is 22.4 Å². The molecule has 0 spiro atoms. The number of amides is 2. The molecular formula is C32H37ClFN3O6S.